The van der Waals surface area contributed by atoms with Crippen LogP contribution in [0, 0.1) is 0 Å². The number of hydrogen-bond acceptors (Lipinski definition) is 5. The monoisotopic (exact) mass is 421 g/mol. The van der Waals surface area contributed by atoms with Gasteiger partial charge in [-0.15, -0.1) is 0 Å². The minimum Gasteiger partial charge on any atom is -0.490 e. The highest BCUT2D eigenvalue weighted by Crippen LogP contribution is 2.38. The lowest BCUT2D eigenvalue weighted by molar-refractivity contribution is -0.126. The Balaban J connectivity index is 1.31. The second-order valence-corrected chi connectivity index (χ2v) is 8.04. The third kappa shape index (κ3) is 4.33. The largest absolute Gasteiger partial charge is 0.490 e. The summed E-state index contributed by atoms with van der Waals surface area (Å²) in [5, 5.41) is 0. The molecule has 2 aromatic carbocycles. The predicted molar refractivity (Wildman–Crippen MR) is 117 cm³/mol. The van der Waals surface area contributed by atoms with Crippen molar-refractivity contribution in [3.63, 3.8) is 0 Å². The molecule has 0 radical (unpaired) electrons. The predicted octanol–water partition coefficient (Wildman–Crippen LogP) is 4.39. The fourth-order valence-electron chi connectivity index (χ4n) is 4.31. The van der Waals surface area contributed by atoms with Crippen LogP contribution in [-0.2, 0) is 4.79 Å². The molecule has 0 saturated carbocycles. The maximum Gasteiger partial charge on any atom is 0.247 e. The standard InChI is InChI=1S/C25H27NO5/c27-25(10-6-18-5-8-21-23(16-18)30-14-2-12-28-21)26-11-1-4-20(26)19-7-9-22-24(17-19)31-15-3-13-29-22/h5-10,16-17,20H,1-4,11-15H2/b10-6+/t20-/m0/s1. The molecule has 31 heavy (non-hydrogen) atoms. The van der Waals surface area contributed by atoms with Crippen LogP contribution in [-0.4, -0.2) is 43.8 Å². The van der Waals surface area contributed by atoms with Crippen molar-refractivity contribution in [1.29, 1.82) is 0 Å². The van der Waals surface area contributed by atoms with Gasteiger partial charge in [0.1, 0.15) is 0 Å². The van der Waals surface area contributed by atoms with Gasteiger partial charge in [0.15, 0.2) is 23.0 Å². The topological polar surface area (TPSA) is 57.2 Å². The minimum atomic E-state index is 0.0155. The molecule has 0 spiro atoms. The number of carbonyl (C=O) groups excluding carboxylic acids is 1. The van der Waals surface area contributed by atoms with Crippen LogP contribution in [0.5, 0.6) is 23.0 Å². The molecule has 3 aliphatic heterocycles. The highest BCUT2D eigenvalue weighted by molar-refractivity contribution is 5.92. The molecule has 2 aromatic rings. The number of ether oxygens (including phenoxy) is 4. The molecule has 5 rings (SSSR count). The summed E-state index contributed by atoms with van der Waals surface area (Å²) in [6, 6.07) is 11.9. The number of rotatable bonds is 3. The first-order chi connectivity index (χ1) is 15.3. The summed E-state index contributed by atoms with van der Waals surface area (Å²) in [7, 11) is 0. The molecule has 0 bridgehead atoms. The van der Waals surface area contributed by atoms with E-state index in [0.29, 0.717) is 26.4 Å². The Morgan fingerprint density at radius 1 is 0.806 bits per heavy atom. The molecule has 1 atom stereocenters. The lowest BCUT2D eigenvalue weighted by Crippen LogP contribution is -2.28. The third-order valence-corrected chi connectivity index (χ3v) is 5.88. The van der Waals surface area contributed by atoms with Crippen molar-refractivity contribution in [3.8, 4) is 23.0 Å². The van der Waals surface area contributed by atoms with E-state index in [1.165, 1.54) is 0 Å². The van der Waals surface area contributed by atoms with Crippen molar-refractivity contribution < 1.29 is 23.7 Å². The average Bonchev–Trinajstić information content (AvgIpc) is 3.01. The van der Waals surface area contributed by atoms with Crippen LogP contribution in [0.25, 0.3) is 6.08 Å². The highest BCUT2D eigenvalue weighted by Gasteiger charge is 2.29. The summed E-state index contributed by atoms with van der Waals surface area (Å²) in [6.07, 6.45) is 7.18. The molecule has 0 aliphatic carbocycles. The van der Waals surface area contributed by atoms with E-state index in [-0.39, 0.29) is 11.9 Å². The van der Waals surface area contributed by atoms with Gasteiger partial charge in [-0.1, -0.05) is 12.1 Å². The zero-order chi connectivity index (χ0) is 21.0. The smallest absolute Gasteiger partial charge is 0.247 e. The molecule has 0 aromatic heterocycles. The van der Waals surface area contributed by atoms with Crippen LogP contribution in [0.1, 0.15) is 42.9 Å². The van der Waals surface area contributed by atoms with Crippen LogP contribution >= 0.6 is 0 Å². The van der Waals surface area contributed by atoms with E-state index in [1.54, 1.807) is 6.08 Å². The van der Waals surface area contributed by atoms with Crippen molar-refractivity contribution in [2.24, 2.45) is 0 Å². The molecule has 162 valence electrons. The van der Waals surface area contributed by atoms with Crippen LogP contribution in [0.3, 0.4) is 0 Å². The lowest BCUT2D eigenvalue weighted by atomic mass is 10.0. The first kappa shape index (κ1) is 19.8. The molecule has 1 fully saturated rings. The van der Waals surface area contributed by atoms with E-state index in [1.807, 2.05) is 41.3 Å². The van der Waals surface area contributed by atoms with Gasteiger partial charge in [0, 0.05) is 25.5 Å². The maximum absolute atomic E-state index is 13.0. The molecule has 3 aliphatic rings. The van der Waals surface area contributed by atoms with Gasteiger partial charge in [0.2, 0.25) is 5.91 Å². The number of nitrogens with zero attached hydrogens (tertiary/aromatic N) is 1. The zero-order valence-electron chi connectivity index (χ0n) is 17.5. The van der Waals surface area contributed by atoms with Crippen molar-refractivity contribution in [2.75, 3.05) is 33.0 Å². The molecule has 3 heterocycles. The van der Waals surface area contributed by atoms with Gasteiger partial charge < -0.3 is 23.8 Å². The SMILES string of the molecule is O=C(/C=C/c1ccc2c(c1)OCCCO2)N1CCC[C@H]1c1ccc2c(c1)OCCCO2. The van der Waals surface area contributed by atoms with Gasteiger partial charge in [-0.2, -0.15) is 0 Å². The Morgan fingerprint density at radius 2 is 1.45 bits per heavy atom. The Bertz CT molecular complexity index is 986. The quantitative estimate of drug-likeness (QED) is 0.688. The van der Waals surface area contributed by atoms with E-state index < -0.39 is 0 Å². The molecular formula is C25H27NO5. The number of amides is 1. The van der Waals surface area contributed by atoms with Gasteiger partial charge in [-0.25, -0.2) is 0 Å². The summed E-state index contributed by atoms with van der Waals surface area (Å²) in [5.41, 5.74) is 2.02. The van der Waals surface area contributed by atoms with Gasteiger partial charge in [0.05, 0.1) is 32.5 Å². The molecule has 6 nitrogen and oxygen atoms in total. The number of carbonyl (C=O) groups is 1. The first-order valence-electron chi connectivity index (χ1n) is 11.1. The van der Waals surface area contributed by atoms with E-state index in [2.05, 4.69) is 6.07 Å². The fourth-order valence-corrected chi connectivity index (χ4v) is 4.31. The van der Waals surface area contributed by atoms with Gasteiger partial charge in [-0.05, 0) is 54.3 Å². The van der Waals surface area contributed by atoms with Crippen molar-refractivity contribution in [3.05, 3.63) is 53.6 Å². The van der Waals surface area contributed by atoms with Crippen LogP contribution in [0.4, 0.5) is 0 Å². The maximum atomic E-state index is 13.0. The van der Waals surface area contributed by atoms with Gasteiger partial charge in [0.25, 0.3) is 0 Å². The van der Waals surface area contributed by atoms with Gasteiger partial charge in [-0.3, -0.25) is 4.79 Å². The Kier molecular flexibility index (Phi) is 5.69. The van der Waals surface area contributed by atoms with E-state index >= 15 is 0 Å². The number of likely N-dealkylation sites (tertiary alicyclic amines) is 1. The van der Waals surface area contributed by atoms with Crippen molar-refractivity contribution in [1.82, 2.24) is 4.90 Å². The van der Waals surface area contributed by atoms with E-state index in [0.717, 1.165) is 66.4 Å². The summed E-state index contributed by atoms with van der Waals surface area (Å²) in [6.45, 7) is 3.39. The van der Waals surface area contributed by atoms with Crippen LogP contribution < -0.4 is 18.9 Å². The lowest BCUT2D eigenvalue weighted by Gasteiger charge is -2.24. The molecule has 6 heteroatoms. The molecule has 0 N–H and O–H groups in total. The average molecular weight is 421 g/mol. The fraction of sp³-hybridized carbons (Fsp3) is 0.400. The Labute approximate surface area is 182 Å². The number of benzene rings is 2. The summed E-state index contributed by atoms with van der Waals surface area (Å²) in [4.78, 5) is 15.0. The minimum absolute atomic E-state index is 0.0155. The normalized spacial score (nSPS) is 20.4. The summed E-state index contributed by atoms with van der Waals surface area (Å²) >= 11 is 0. The van der Waals surface area contributed by atoms with Crippen molar-refractivity contribution >= 4 is 12.0 Å². The first-order valence-corrected chi connectivity index (χ1v) is 11.1. The summed E-state index contributed by atoms with van der Waals surface area (Å²) in [5.74, 6) is 3.07. The molecular weight excluding hydrogens is 394 g/mol. The highest BCUT2D eigenvalue weighted by atomic mass is 16.5. The van der Waals surface area contributed by atoms with Crippen molar-refractivity contribution in [2.45, 2.75) is 31.7 Å². The second kappa shape index (κ2) is 8.92. The second-order valence-electron chi connectivity index (χ2n) is 8.04. The van der Waals surface area contributed by atoms with E-state index in [4.69, 9.17) is 18.9 Å². The summed E-state index contributed by atoms with van der Waals surface area (Å²) < 4.78 is 23.0. The third-order valence-electron chi connectivity index (χ3n) is 5.88. The molecule has 1 amide bonds. The zero-order valence-corrected chi connectivity index (χ0v) is 17.5. The van der Waals surface area contributed by atoms with Gasteiger partial charge >= 0.3 is 0 Å². The molecule has 1 saturated heterocycles. The number of hydrogen-bond donors (Lipinski definition) is 0. The van der Waals surface area contributed by atoms with Crippen LogP contribution in [0.2, 0.25) is 0 Å². The van der Waals surface area contributed by atoms with E-state index in [9.17, 15) is 4.79 Å². The Hall–Kier alpha value is -3.15. The molecule has 0 unspecified atom stereocenters. The van der Waals surface area contributed by atoms with Crippen LogP contribution in [0.15, 0.2) is 42.5 Å². The number of fused-ring (bicyclic) bond motifs is 2. The Morgan fingerprint density at radius 3 is 2.19 bits per heavy atom.